The number of anilines is 1. The zero-order valence-corrected chi connectivity index (χ0v) is 24.2. The van der Waals surface area contributed by atoms with Crippen molar-refractivity contribution in [2.24, 2.45) is 5.92 Å². The van der Waals surface area contributed by atoms with Gasteiger partial charge in [-0.3, -0.25) is 9.59 Å². The fourth-order valence-corrected chi connectivity index (χ4v) is 7.31. The maximum absolute atomic E-state index is 14.5. The molecule has 3 aliphatic rings. The number of nitrogens with one attached hydrogen (secondary N) is 3. The molecule has 2 amide bonds. The summed E-state index contributed by atoms with van der Waals surface area (Å²) in [5, 5.41) is 7.43. The Hall–Kier alpha value is -3.24. The van der Waals surface area contributed by atoms with Crippen LogP contribution in [0.4, 0.5) is 10.3 Å². The summed E-state index contributed by atoms with van der Waals surface area (Å²) >= 11 is 6.26. The Bertz CT molecular complexity index is 1430. The Morgan fingerprint density at radius 2 is 1.98 bits per heavy atom. The molecule has 0 spiro atoms. The molecule has 5 atom stereocenters. The van der Waals surface area contributed by atoms with Crippen molar-refractivity contribution in [1.29, 1.82) is 0 Å². The number of aromatic nitrogens is 3. The molecule has 0 unspecified atom stereocenters. The van der Waals surface area contributed by atoms with Gasteiger partial charge < -0.3 is 25.4 Å². The number of nitrogens with zero attached hydrogens (tertiary/aromatic N) is 4. The molecular formula is C30H37ClFN7O2. The van der Waals surface area contributed by atoms with Gasteiger partial charge in [0.1, 0.15) is 17.0 Å². The lowest BCUT2D eigenvalue weighted by Gasteiger charge is -2.36. The number of rotatable bonds is 7. The Balaban J connectivity index is 1.37. The lowest BCUT2D eigenvalue weighted by molar-refractivity contribution is -0.139. The van der Waals surface area contributed by atoms with Crippen molar-refractivity contribution in [3.63, 3.8) is 0 Å². The standard InChI is InChI=1S/C30H37ClFN7O2/c1-17(33-2)28(40)37-26(18-6-4-3-5-7-18)29(41)38-13-11-24-27(38)22(16-39(24)30-34-12-10-25(31)36-30)21-15-35-23-14-19(32)8-9-20(21)23/h8-10,12,14-15,17-18,22,24,26-27,33,35H,3-7,11,13,16H2,1-2H3,(H,37,40)/t17-,22+,24+,26-,27+/m0/s1. The van der Waals surface area contributed by atoms with E-state index in [1.807, 2.05) is 11.1 Å². The number of halogens is 2. The number of carbonyl (C=O) groups excluding carboxylic acids is 2. The summed E-state index contributed by atoms with van der Waals surface area (Å²) in [5.41, 5.74) is 1.75. The van der Waals surface area contributed by atoms with E-state index in [4.69, 9.17) is 11.6 Å². The molecule has 9 nitrogen and oxygen atoms in total. The van der Waals surface area contributed by atoms with E-state index in [9.17, 15) is 14.0 Å². The van der Waals surface area contributed by atoms with Gasteiger partial charge in [0.15, 0.2) is 0 Å². The van der Waals surface area contributed by atoms with Crippen LogP contribution < -0.4 is 15.5 Å². The predicted octanol–water partition coefficient (Wildman–Crippen LogP) is 4.00. The number of benzene rings is 1. The molecule has 2 aliphatic heterocycles. The van der Waals surface area contributed by atoms with Crippen LogP contribution in [0.15, 0.2) is 36.7 Å². The molecule has 1 aromatic carbocycles. The first-order valence-corrected chi connectivity index (χ1v) is 15.0. The summed E-state index contributed by atoms with van der Waals surface area (Å²) in [6, 6.07) is 5.25. The number of aromatic amines is 1. The topological polar surface area (TPSA) is 106 Å². The van der Waals surface area contributed by atoms with Gasteiger partial charge >= 0.3 is 0 Å². The van der Waals surface area contributed by atoms with Crippen molar-refractivity contribution in [1.82, 2.24) is 30.5 Å². The largest absolute Gasteiger partial charge is 0.361 e. The number of likely N-dealkylation sites (tertiary alicyclic amines) is 1. The molecule has 3 fully saturated rings. The van der Waals surface area contributed by atoms with Crippen LogP contribution >= 0.6 is 11.6 Å². The molecule has 4 heterocycles. The quantitative estimate of drug-likeness (QED) is 0.364. The van der Waals surface area contributed by atoms with Crippen LogP contribution in [0.1, 0.15) is 56.9 Å². The fraction of sp³-hybridized carbons (Fsp3) is 0.533. The van der Waals surface area contributed by atoms with Crippen LogP contribution in [0.3, 0.4) is 0 Å². The minimum absolute atomic E-state index is 0.0215. The summed E-state index contributed by atoms with van der Waals surface area (Å²) in [6.45, 7) is 2.96. The van der Waals surface area contributed by atoms with E-state index in [2.05, 4.69) is 30.5 Å². The Labute approximate surface area is 244 Å². The lowest BCUT2D eigenvalue weighted by Crippen LogP contribution is -2.57. The number of fused-ring (bicyclic) bond motifs is 2. The monoisotopic (exact) mass is 581 g/mol. The van der Waals surface area contributed by atoms with Gasteiger partial charge in [0.2, 0.25) is 17.8 Å². The van der Waals surface area contributed by atoms with E-state index in [-0.39, 0.29) is 41.6 Å². The Morgan fingerprint density at radius 3 is 2.73 bits per heavy atom. The van der Waals surface area contributed by atoms with Gasteiger partial charge in [-0.15, -0.1) is 0 Å². The number of hydrogen-bond donors (Lipinski definition) is 3. The third-order valence-corrected chi connectivity index (χ3v) is 9.57. The van der Waals surface area contributed by atoms with Crippen LogP contribution in [0.25, 0.3) is 10.9 Å². The minimum atomic E-state index is -0.577. The maximum Gasteiger partial charge on any atom is 0.245 e. The molecular weight excluding hydrogens is 545 g/mol. The SMILES string of the molecule is CN[C@@H](C)C(=O)N[C@H](C(=O)N1CC[C@@H]2[C@H]1[C@@H](c1c[nH]c3cc(F)ccc13)CN2c1nccc(Cl)n1)C1CCCCC1. The highest BCUT2D eigenvalue weighted by Crippen LogP contribution is 2.45. The van der Waals surface area contributed by atoms with Crippen LogP contribution in [-0.4, -0.2) is 76.0 Å². The summed E-state index contributed by atoms with van der Waals surface area (Å²) in [6.07, 6.45) is 9.46. The van der Waals surface area contributed by atoms with Gasteiger partial charge in [0.25, 0.3) is 0 Å². The van der Waals surface area contributed by atoms with Crippen molar-refractivity contribution >= 4 is 40.3 Å². The molecule has 1 saturated carbocycles. The molecule has 41 heavy (non-hydrogen) atoms. The minimum Gasteiger partial charge on any atom is -0.361 e. The second kappa shape index (κ2) is 11.6. The maximum atomic E-state index is 14.5. The zero-order valence-electron chi connectivity index (χ0n) is 23.4. The summed E-state index contributed by atoms with van der Waals surface area (Å²) in [7, 11) is 1.75. The third kappa shape index (κ3) is 5.28. The van der Waals surface area contributed by atoms with Crippen LogP contribution in [0, 0.1) is 11.7 Å². The number of likely N-dealkylation sites (N-methyl/N-ethyl adjacent to an activating group) is 1. The first kappa shape index (κ1) is 27.9. The number of carbonyl (C=O) groups is 2. The highest BCUT2D eigenvalue weighted by Gasteiger charge is 2.53. The summed E-state index contributed by atoms with van der Waals surface area (Å²) in [5.74, 6) is 0.0752. The van der Waals surface area contributed by atoms with E-state index in [1.54, 1.807) is 32.3 Å². The highest BCUT2D eigenvalue weighted by atomic mass is 35.5. The normalized spacial score (nSPS) is 24.4. The van der Waals surface area contributed by atoms with Gasteiger partial charge in [-0.05, 0) is 69.0 Å². The van der Waals surface area contributed by atoms with Gasteiger partial charge in [0, 0.05) is 42.3 Å². The summed E-state index contributed by atoms with van der Waals surface area (Å²) < 4.78 is 14.0. The number of amides is 2. The van der Waals surface area contributed by atoms with E-state index in [0.29, 0.717) is 24.2 Å². The first-order valence-electron chi connectivity index (χ1n) is 14.7. The van der Waals surface area contributed by atoms with Crippen molar-refractivity contribution in [3.8, 4) is 0 Å². The molecule has 3 aromatic rings. The Morgan fingerprint density at radius 1 is 1.17 bits per heavy atom. The average molecular weight is 582 g/mol. The van der Waals surface area contributed by atoms with Crippen molar-refractivity contribution < 1.29 is 14.0 Å². The van der Waals surface area contributed by atoms with E-state index in [1.165, 1.54) is 12.1 Å². The van der Waals surface area contributed by atoms with Gasteiger partial charge in [0.05, 0.1) is 18.1 Å². The molecule has 1 aliphatic carbocycles. The molecule has 11 heteroatoms. The van der Waals surface area contributed by atoms with Crippen LogP contribution in [-0.2, 0) is 9.59 Å². The second-order valence-electron chi connectivity index (χ2n) is 11.6. The van der Waals surface area contributed by atoms with Gasteiger partial charge in [-0.25, -0.2) is 14.4 Å². The van der Waals surface area contributed by atoms with Crippen molar-refractivity contribution in [2.45, 2.75) is 75.5 Å². The van der Waals surface area contributed by atoms with E-state index < -0.39 is 12.1 Å². The van der Waals surface area contributed by atoms with Gasteiger partial charge in [-0.2, -0.15) is 0 Å². The second-order valence-corrected chi connectivity index (χ2v) is 12.0. The third-order valence-electron chi connectivity index (χ3n) is 9.36. The predicted molar refractivity (Wildman–Crippen MR) is 156 cm³/mol. The Kier molecular flexibility index (Phi) is 7.87. The lowest BCUT2D eigenvalue weighted by atomic mass is 9.82. The molecule has 218 valence electrons. The summed E-state index contributed by atoms with van der Waals surface area (Å²) in [4.78, 5) is 44.0. The van der Waals surface area contributed by atoms with Crippen LogP contribution in [0.5, 0.6) is 0 Å². The number of H-pyrrole nitrogens is 1. The molecule has 6 rings (SSSR count). The first-order chi connectivity index (χ1) is 19.9. The molecule has 3 N–H and O–H groups in total. The smallest absolute Gasteiger partial charge is 0.245 e. The molecule has 2 saturated heterocycles. The van der Waals surface area contributed by atoms with Crippen LogP contribution in [0.2, 0.25) is 5.15 Å². The highest BCUT2D eigenvalue weighted by molar-refractivity contribution is 6.29. The fourth-order valence-electron chi connectivity index (χ4n) is 7.18. The molecule has 0 radical (unpaired) electrons. The molecule has 2 aromatic heterocycles. The van der Waals surface area contributed by atoms with Gasteiger partial charge in [-0.1, -0.05) is 30.9 Å². The molecule has 0 bridgehead atoms. The van der Waals surface area contributed by atoms with Crippen molar-refractivity contribution in [2.75, 3.05) is 25.0 Å². The number of hydrogen-bond acceptors (Lipinski definition) is 6. The van der Waals surface area contributed by atoms with Crippen molar-refractivity contribution in [3.05, 3.63) is 53.2 Å². The van der Waals surface area contributed by atoms with E-state index in [0.717, 1.165) is 55.0 Å². The van der Waals surface area contributed by atoms with E-state index >= 15 is 0 Å². The zero-order chi connectivity index (χ0) is 28.7. The average Bonchev–Trinajstić information content (AvgIpc) is 3.69.